The summed E-state index contributed by atoms with van der Waals surface area (Å²) in [5.74, 6) is 0.855. The average molecular weight is 710 g/mol. The average Bonchev–Trinajstić information content (AvgIpc) is 3.87. The Balaban J connectivity index is 1.20. The molecule has 0 atom stereocenters. The van der Waals surface area contributed by atoms with E-state index < -0.39 is 6.04 Å². The predicted molar refractivity (Wildman–Crippen MR) is 231 cm³/mol. The number of rotatable bonds is 5. The fourth-order valence-electron chi connectivity index (χ4n) is 8.16. The SMILES string of the molecule is [2H]c1c([2H])c([2H])c(-c2ccc3c(-c4ccc(-c5nc6ccccc6n5-c5ccccc5)cc4)c4ccccc4c(-c4cccc5sc6ccccc6c45)c3c2)c([2H])c1[2H]. The van der Waals surface area contributed by atoms with Crippen molar-refractivity contribution in [3.63, 3.8) is 0 Å². The lowest BCUT2D eigenvalue weighted by Crippen LogP contribution is -1.97. The maximum Gasteiger partial charge on any atom is 0.145 e. The number of aromatic nitrogens is 2. The van der Waals surface area contributed by atoms with Gasteiger partial charge in [0.1, 0.15) is 5.82 Å². The number of benzene rings is 9. The minimum atomic E-state index is -0.405. The first kappa shape index (κ1) is 26.0. The summed E-state index contributed by atoms with van der Waals surface area (Å²) < 4.78 is 47.7. The summed E-state index contributed by atoms with van der Waals surface area (Å²) in [7, 11) is 0. The molecule has 2 aromatic heterocycles. The Morgan fingerprint density at radius 1 is 0.463 bits per heavy atom. The van der Waals surface area contributed by atoms with Crippen molar-refractivity contribution in [3.8, 4) is 50.5 Å². The van der Waals surface area contributed by atoms with Crippen LogP contribution in [0.15, 0.2) is 194 Å². The molecule has 0 unspecified atom stereocenters. The van der Waals surface area contributed by atoms with Crippen LogP contribution in [0.4, 0.5) is 0 Å². The first-order valence-electron chi connectivity index (χ1n) is 20.5. The molecule has 252 valence electrons. The molecule has 0 aliphatic heterocycles. The Bertz CT molecular complexity index is 3470. The highest BCUT2D eigenvalue weighted by atomic mass is 32.1. The van der Waals surface area contributed by atoms with Gasteiger partial charge in [-0.1, -0.05) is 152 Å². The van der Waals surface area contributed by atoms with E-state index in [0.29, 0.717) is 5.56 Å². The van der Waals surface area contributed by atoms with E-state index in [1.54, 1.807) is 11.3 Å². The molecule has 11 rings (SSSR count). The van der Waals surface area contributed by atoms with Gasteiger partial charge in [-0.2, -0.15) is 0 Å². The zero-order chi connectivity index (χ0) is 39.9. The van der Waals surface area contributed by atoms with Crippen molar-refractivity contribution >= 4 is 64.1 Å². The van der Waals surface area contributed by atoms with Crippen molar-refractivity contribution in [2.45, 2.75) is 0 Å². The first-order chi connectivity index (χ1) is 28.9. The molecule has 0 amide bonds. The fourth-order valence-corrected chi connectivity index (χ4v) is 9.29. The number of hydrogen-bond donors (Lipinski definition) is 0. The molecular weight excluding hydrogens is 673 g/mol. The van der Waals surface area contributed by atoms with Crippen molar-refractivity contribution in [3.05, 3.63) is 194 Å². The van der Waals surface area contributed by atoms with Crippen molar-refractivity contribution in [2.24, 2.45) is 0 Å². The van der Waals surface area contributed by atoms with Crippen LogP contribution in [-0.4, -0.2) is 9.55 Å². The molecule has 0 spiro atoms. The van der Waals surface area contributed by atoms with Crippen molar-refractivity contribution < 1.29 is 6.85 Å². The molecule has 54 heavy (non-hydrogen) atoms. The highest BCUT2D eigenvalue weighted by Gasteiger charge is 2.21. The summed E-state index contributed by atoms with van der Waals surface area (Å²) >= 11 is 1.77. The molecule has 0 N–H and O–H groups in total. The van der Waals surface area contributed by atoms with Crippen molar-refractivity contribution in [1.29, 1.82) is 0 Å². The van der Waals surface area contributed by atoms with Crippen LogP contribution in [0.2, 0.25) is 0 Å². The third-order valence-electron chi connectivity index (χ3n) is 10.5. The van der Waals surface area contributed by atoms with Crippen LogP contribution in [0.1, 0.15) is 6.85 Å². The molecule has 2 heterocycles. The summed E-state index contributed by atoms with van der Waals surface area (Å²) in [5, 5.41) is 6.43. The van der Waals surface area contributed by atoms with E-state index in [2.05, 4.69) is 120 Å². The van der Waals surface area contributed by atoms with Crippen LogP contribution in [0, 0.1) is 0 Å². The number of fused-ring (bicyclic) bond motifs is 6. The zero-order valence-corrected chi connectivity index (χ0v) is 29.7. The smallest absolute Gasteiger partial charge is 0.145 e. The molecule has 0 aliphatic rings. The van der Waals surface area contributed by atoms with Gasteiger partial charge in [-0.15, -0.1) is 11.3 Å². The van der Waals surface area contributed by atoms with Gasteiger partial charge in [-0.3, -0.25) is 4.57 Å². The minimum absolute atomic E-state index is 0.184. The lowest BCUT2D eigenvalue weighted by atomic mass is 9.84. The van der Waals surface area contributed by atoms with Crippen molar-refractivity contribution in [2.75, 3.05) is 0 Å². The predicted octanol–water partition coefficient (Wildman–Crippen LogP) is 14.4. The molecule has 0 fully saturated rings. The summed E-state index contributed by atoms with van der Waals surface area (Å²) in [6.07, 6.45) is 0. The Labute approximate surface area is 323 Å². The second kappa shape index (κ2) is 12.4. The van der Waals surface area contributed by atoms with E-state index in [4.69, 9.17) is 11.8 Å². The lowest BCUT2D eigenvalue weighted by Gasteiger charge is -2.19. The molecule has 9 aromatic carbocycles. The highest BCUT2D eigenvalue weighted by molar-refractivity contribution is 7.25. The minimum Gasteiger partial charge on any atom is -0.292 e. The van der Waals surface area contributed by atoms with E-state index in [1.165, 1.54) is 20.2 Å². The van der Waals surface area contributed by atoms with E-state index >= 15 is 0 Å². The molecule has 3 heteroatoms. The molecular formula is C51H32N2S. The standard InChI is InChI=1S/C51H32N2S/c1-3-14-33(15-4-1)36-30-31-40-43(32-36)49(42-21-13-25-47-50(42)41-20-9-12-24-46(41)54-47)39-19-8-7-18-38(39)48(40)34-26-28-35(29-27-34)51-52-44-22-10-11-23-45(44)53(51)37-16-5-2-6-17-37/h1-32H/i1D,3D,4D,14D,15D. The number of imidazole rings is 1. The number of para-hydroxylation sites is 3. The molecule has 0 radical (unpaired) electrons. The molecule has 2 nitrogen and oxygen atoms in total. The third kappa shape index (κ3) is 4.83. The molecule has 11 aromatic rings. The topological polar surface area (TPSA) is 17.8 Å². The number of hydrogen-bond acceptors (Lipinski definition) is 2. The Morgan fingerprint density at radius 2 is 1.11 bits per heavy atom. The van der Waals surface area contributed by atoms with Crippen LogP contribution < -0.4 is 0 Å². The van der Waals surface area contributed by atoms with Gasteiger partial charge < -0.3 is 0 Å². The molecule has 0 saturated carbocycles. The van der Waals surface area contributed by atoms with Gasteiger partial charge in [-0.05, 0) is 97.4 Å². The maximum atomic E-state index is 8.90. The number of thiophene rings is 1. The second-order valence-corrected chi connectivity index (χ2v) is 14.6. The molecule has 0 aliphatic carbocycles. The van der Waals surface area contributed by atoms with Crippen LogP contribution in [0.25, 0.3) is 103 Å². The largest absolute Gasteiger partial charge is 0.292 e. The highest BCUT2D eigenvalue weighted by Crippen LogP contribution is 2.48. The monoisotopic (exact) mass is 709 g/mol. The summed E-state index contributed by atoms with van der Waals surface area (Å²) in [6, 6.07) is 55.1. The first-order valence-corrected chi connectivity index (χ1v) is 18.8. The van der Waals surface area contributed by atoms with Gasteiger partial charge in [-0.25, -0.2) is 4.98 Å². The Morgan fingerprint density at radius 3 is 1.94 bits per heavy atom. The van der Waals surface area contributed by atoms with Gasteiger partial charge in [0.2, 0.25) is 0 Å². The number of nitrogens with zero attached hydrogens (tertiary/aromatic N) is 2. The second-order valence-electron chi connectivity index (χ2n) is 13.5. The van der Waals surface area contributed by atoms with Gasteiger partial charge in [0.15, 0.2) is 0 Å². The van der Waals surface area contributed by atoms with Gasteiger partial charge >= 0.3 is 0 Å². The van der Waals surface area contributed by atoms with Crippen LogP contribution >= 0.6 is 11.3 Å². The van der Waals surface area contributed by atoms with Crippen molar-refractivity contribution in [1.82, 2.24) is 9.55 Å². The van der Waals surface area contributed by atoms with Gasteiger partial charge in [0.05, 0.1) is 17.9 Å². The van der Waals surface area contributed by atoms with Crippen LogP contribution in [0.5, 0.6) is 0 Å². The van der Waals surface area contributed by atoms with Gasteiger partial charge in [0.25, 0.3) is 0 Å². The van der Waals surface area contributed by atoms with Crippen LogP contribution in [0.3, 0.4) is 0 Å². The summed E-state index contributed by atoms with van der Waals surface area (Å²) in [5.41, 5.74) is 8.93. The third-order valence-corrected chi connectivity index (χ3v) is 11.6. The summed E-state index contributed by atoms with van der Waals surface area (Å²) in [6.45, 7) is 0. The molecule has 0 saturated heterocycles. The van der Waals surface area contributed by atoms with E-state index in [9.17, 15) is 0 Å². The fraction of sp³-hybridized carbons (Fsp3) is 0. The molecule has 0 bridgehead atoms. The van der Waals surface area contributed by atoms with E-state index in [-0.39, 0.29) is 29.7 Å². The maximum absolute atomic E-state index is 8.90. The Hall–Kier alpha value is -6.81. The summed E-state index contributed by atoms with van der Waals surface area (Å²) in [4.78, 5) is 5.11. The quantitative estimate of drug-likeness (QED) is 0.163. The van der Waals surface area contributed by atoms with E-state index in [1.807, 2.05) is 48.5 Å². The lowest BCUT2D eigenvalue weighted by molar-refractivity contribution is 1.10. The van der Waals surface area contributed by atoms with Gasteiger partial charge in [0, 0.05) is 31.4 Å². The van der Waals surface area contributed by atoms with E-state index in [0.717, 1.165) is 71.9 Å². The Kier molecular flexibility index (Phi) is 5.98. The zero-order valence-electron chi connectivity index (χ0n) is 33.9. The normalized spacial score (nSPS) is 13.0. The van der Waals surface area contributed by atoms with Crippen LogP contribution in [-0.2, 0) is 0 Å².